The standard InChI is InChI=1S/C20H23N3O3/c1-24-16-6-7-18-15(12-16)13-17(26-18)14-22-8-10-23(11-9-22)19-4-3-5-20(21-19)25-2/h3-7,12-13H,8-11,14H2,1-2H3. The van der Waals surface area contributed by atoms with Crippen molar-refractivity contribution in [3.05, 3.63) is 48.2 Å². The Hall–Kier alpha value is -2.73. The second-order valence-corrected chi connectivity index (χ2v) is 6.42. The highest BCUT2D eigenvalue weighted by molar-refractivity contribution is 5.79. The van der Waals surface area contributed by atoms with E-state index in [0.29, 0.717) is 5.88 Å². The molecule has 0 N–H and O–H groups in total. The predicted molar refractivity (Wildman–Crippen MR) is 101 cm³/mol. The fraction of sp³-hybridized carbons (Fsp3) is 0.350. The van der Waals surface area contributed by atoms with Crippen LogP contribution >= 0.6 is 0 Å². The number of ether oxygens (including phenoxy) is 2. The highest BCUT2D eigenvalue weighted by Gasteiger charge is 2.19. The fourth-order valence-corrected chi connectivity index (χ4v) is 3.33. The van der Waals surface area contributed by atoms with Crippen LogP contribution in [0.15, 0.2) is 46.9 Å². The van der Waals surface area contributed by atoms with Crippen LogP contribution in [0.1, 0.15) is 5.76 Å². The molecule has 0 saturated carbocycles. The van der Waals surface area contributed by atoms with Gasteiger partial charge < -0.3 is 18.8 Å². The van der Waals surface area contributed by atoms with Gasteiger partial charge in [-0.15, -0.1) is 0 Å². The lowest BCUT2D eigenvalue weighted by Crippen LogP contribution is -2.46. The first-order valence-electron chi connectivity index (χ1n) is 8.80. The van der Waals surface area contributed by atoms with E-state index in [-0.39, 0.29) is 0 Å². The molecule has 3 heterocycles. The van der Waals surface area contributed by atoms with Crippen LogP contribution in [0, 0.1) is 0 Å². The third-order valence-electron chi connectivity index (χ3n) is 4.77. The van der Waals surface area contributed by atoms with Gasteiger partial charge in [-0.1, -0.05) is 6.07 Å². The lowest BCUT2D eigenvalue weighted by Gasteiger charge is -2.35. The van der Waals surface area contributed by atoms with Gasteiger partial charge in [-0.25, -0.2) is 0 Å². The minimum atomic E-state index is 0.655. The second kappa shape index (κ2) is 7.25. The Kier molecular flexibility index (Phi) is 4.67. The van der Waals surface area contributed by atoms with E-state index in [9.17, 15) is 0 Å². The van der Waals surface area contributed by atoms with E-state index in [1.54, 1.807) is 14.2 Å². The van der Waals surface area contributed by atoms with Gasteiger partial charge in [0.05, 0.1) is 20.8 Å². The van der Waals surface area contributed by atoms with Gasteiger partial charge in [0.25, 0.3) is 0 Å². The third-order valence-corrected chi connectivity index (χ3v) is 4.77. The van der Waals surface area contributed by atoms with Crippen molar-refractivity contribution in [3.8, 4) is 11.6 Å². The molecule has 6 heteroatoms. The van der Waals surface area contributed by atoms with Gasteiger partial charge in [0.2, 0.25) is 5.88 Å². The fourth-order valence-electron chi connectivity index (χ4n) is 3.33. The normalized spacial score (nSPS) is 15.4. The van der Waals surface area contributed by atoms with E-state index in [4.69, 9.17) is 13.9 Å². The first-order chi connectivity index (χ1) is 12.7. The van der Waals surface area contributed by atoms with E-state index >= 15 is 0 Å². The number of methoxy groups -OCH3 is 2. The molecule has 1 fully saturated rings. The van der Waals surface area contributed by atoms with Gasteiger partial charge in [0.1, 0.15) is 22.9 Å². The molecule has 0 amide bonds. The van der Waals surface area contributed by atoms with Crippen LogP contribution in [0.5, 0.6) is 11.6 Å². The van der Waals surface area contributed by atoms with E-state index in [2.05, 4.69) is 20.9 Å². The van der Waals surface area contributed by atoms with Crippen molar-refractivity contribution < 1.29 is 13.9 Å². The zero-order chi connectivity index (χ0) is 17.9. The number of rotatable bonds is 5. The summed E-state index contributed by atoms with van der Waals surface area (Å²) in [5.74, 6) is 3.47. The van der Waals surface area contributed by atoms with Crippen LogP contribution in [0.4, 0.5) is 5.82 Å². The van der Waals surface area contributed by atoms with Gasteiger partial charge >= 0.3 is 0 Å². The van der Waals surface area contributed by atoms with Gasteiger partial charge in [0, 0.05) is 37.6 Å². The zero-order valence-corrected chi connectivity index (χ0v) is 15.1. The van der Waals surface area contributed by atoms with E-state index in [0.717, 1.165) is 61.0 Å². The lowest BCUT2D eigenvalue weighted by molar-refractivity contribution is 0.232. The Labute approximate surface area is 152 Å². The number of hydrogen-bond acceptors (Lipinski definition) is 6. The first kappa shape index (κ1) is 16.7. The van der Waals surface area contributed by atoms with Crippen molar-refractivity contribution in [3.63, 3.8) is 0 Å². The van der Waals surface area contributed by atoms with Crippen molar-refractivity contribution in [2.75, 3.05) is 45.3 Å². The maximum absolute atomic E-state index is 5.97. The van der Waals surface area contributed by atoms with Gasteiger partial charge in [-0.3, -0.25) is 4.90 Å². The molecule has 6 nitrogen and oxygen atoms in total. The molecule has 136 valence electrons. The number of nitrogens with zero attached hydrogens (tertiary/aromatic N) is 3. The summed E-state index contributed by atoms with van der Waals surface area (Å²) in [6, 6.07) is 13.9. The summed E-state index contributed by atoms with van der Waals surface area (Å²) in [4.78, 5) is 9.23. The molecule has 1 aliphatic heterocycles. The smallest absolute Gasteiger partial charge is 0.214 e. The van der Waals surface area contributed by atoms with Crippen LogP contribution < -0.4 is 14.4 Å². The van der Waals surface area contributed by atoms with E-state index < -0.39 is 0 Å². The van der Waals surface area contributed by atoms with Gasteiger partial charge in [-0.05, 0) is 30.3 Å². The molecule has 0 aliphatic carbocycles. The Morgan fingerprint density at radius 2 is 1.85 bits per heavy atom. The molecular weight excluding hydrogens is 330 g/mol. The van der Waals surface area contributed by atoms with Crippen molar-refractivity contribution in [2.24, 2.45) is 0 Å². The molecule has 0 bridgehead atoms. The Bertz CT molecular complexity index is 885. The number of aromatic nitrogens is 1. The maximum Gasteiger partial charge on any atom is 0.214 e. The number of pyridine rings is 1. The van der Waals surface area contributed by atoms with Gasteiger partial charge in [-0.2, -0.15) is 4.98 Å². The van der Waals surface area contributed by atoms with Crippen LogP contribution in [0.3, 0.4) is 0 Å². The average Bonchev–Trinajstić information content (AvgIpc) is 3.09. The number of anilines is 1. The summed E-state index contributed by atoms with van der Waals surface area (Å²) >= 11 is 0. The molecule has 4 rings (SSSR count). The molecule has 0 spiro atoms. The van der Waals surface area contributed by atoms with Crippen LogP contribution in [0.2, 0.25) is 0 Å². The molecule has 3 aromatic rings. The summed E-state index contributed by atoms with van der Waals surface area (Å²) in [6.07, 6.45) is 0. The van der Waals surface area contributed by atoms with Crippen LogP contribution in [0.25, 0.3) is 11.0 Å². The topological polar surface area (TPSA) is 51.0 Å². The molecule has 0 unspecified atom stereocenters. The lowest BCUT2D eigenvalue weighted by atomic mass is 10.2. The zero-order valence-electron chi connectivity index (χ0n) is 15.1. The van der Waals surface area contributed by atoms with Gasteiger partial charge in [0.15, 0.2) is 0 Å². The summed E-state index contributed by atoms with van der Waals surface area (Å²) in [5.41, 5.74) is 0.903. The maximum atomic E-state index is 5.97. The summed E-state index contributed by atoms with van der Waals surface area (Å²) < 4.78 is 16.5. The molecular formula is C20H23N3O3. The summed E-state index contributed by atoms with van der Waals surface area (Å²) in [7, 11) is 3.33. The quantitative estimate of drug-likeness (QED) is 0.702. The highest BCUT2D eigenvalue weighted by atomic mass is 16.5. The summed E-state index contributed by atoms with van der Waals surface area (Å²) in [6.45, 7) is 4.64. The number of hydrogen-bond donors (Lipinski definition) is 0. The van der Waals surface area contributed by atoms with Crippen molar-refractivity contribution in [1.29, 1.82) is 0 Å². The average molecular weight is 353 g/mol. The molecule has 1 aromatic carbocycles. The SMILES string of the molecule is COc1ccc2oc(CN3CCN(c4cccc(OC)n4)CC3)cc2c1. The summed E-state index contributed by atoms with van der Waals surface area (Å²) in [5, 5.41) is 1.08. The predicted octanol–water partition coefficient (Wildman–Crippen LogP) is 3.17. The highest BCUT2D eigenvalue weighted by Crippen LogP contribution is 2.25. The Morgan fingerprint density at radius 3 is 2.62 bits per heavy atom. The third kappa shape index (κ3) is 3.46. The molecule has 1 aliphatic rings. The minimum Gasteiger partial charge on any atom is -0.497 e. The number of benzene rings is 1. The molecule has 1 saturated heterocycles. The van der Waals surface area contributed by atoms with Crippen molar-refractivity contribution >= 4 is 16.8 Å². The number of piperazine rings is 1. The minimum absolute atomic E-state index is 0.655. The molecule has 26 heavy (non-hydrogen) atoms. The van der Waals surface area contributed by atoms with Crippen LogP contribution in [-0.2, 0) is 6.54 Å². The second-order valence-electron chi connectivity index (χ2n) is 6.42. The van der Waals surface area contributed by atoms with E-state index in [1.807, 2.05) is 36.4 Å². The van der Waals surface area contributed by atoms with E-state index in [1.165, 1.54) is 0 Å². The van der Waals surface area contributed by atoms with Crippen LogP contribution in [-0.4, -0.2) is 50.3 Å². The molecule has 2 aromatic heterocycles. The molecule has 0 atom stereocenters. The first-order valence-corrected chi connectivity index (χ1v) is 8.80. The Morgan fingerprint density at radius 1 is 1.00 bits per heavy atom. The monoisotopic (exact) mass is 353 g/mol. The Balaban J connectivity index is 1.39. The number of furan rings is 1. The van der Waals surface area contributed by atoms with Crippen molar-refractivity contribution in [2.45, 2.75) is 6.54 Å². The number of fused-ring (bicyclic) bond motifs is 1. The van der Waals surface area contributed by atoms with Crippen molar-refractivity contribution in [1.82, 2.24) is 9.88 Å². The largest absolute Gasteiger partial charge is 0.497 e. The molecule has 0 radical (unpaired) electrons.